The van der Waals surface area contributed by atoms with E-state index in [1.807, 2.05) is 0 Å². The molecule has 0 spiro atoms. The van der Waals surface area contributed by atoms with Crippen molar-refractivity contribution in [3.63, 3.8) is 0 Å². The third-order valence-corrected chi connectivity index (χ3v) is 5.47. The van der Waals surface area contributed by atoms with E-state index < -0.39 is 0 Å². The van der Waals surface area contributed by atoms with Crippen LogP contribution >= 0.6 is 0 Å². The summed E-state index contributed by atoms with van der Waals surface area (Å²) in [5.74, 6) is 0.954. The molecule has 0 aliphatic heterocycles. The first-order chi connectivity index (χ1) is 12.6. The fourth-order valence-corrected chi connectivity index (χ4v) is 3.37. The van der Waals surface area contributed by atoms with Crippen molar-refractivity contribution < 1.29 is 19.2 Å². The van der Waals surface area contributed by atoms with Crippen molar-refractivity contribution in [2.75, 3.05) is 0 Å². The fraction of sp³-hybridized carbons (Fsp3) is 0.818. The number of hydrogen-bond donors (Lipinski definition) is 0. The van der Waals surface area contributed by atoms with Crippen LogP contribution in [-0.4, -0.2) is 23.1 Å². The first-order valence-corrected chi connectivity index (χ1v) is 10.6. The van der Waals surface area contributed by atoms with Gasteiger partial charge in [0.2, 0.25) is 0 Å². The average molecular weight is 363 g/mol. The molecule has 2 aliphatic rings. The Labute approximate surface area is 157 Å². The highest BCUT2D eigenvalue weighted by molar-refractivity contribution is 6.01. The average Bonchev–Trinajstić information content (AvgIpc) is 3.49. The van der Waals surface area contributed by atoms with Gasteiger partial charge in [-0.1, -0.05) is 38.5 Å². The minimum absolute atomic E-state index is 0.117. The number of rotatable bonds is 17. The Kier molecular flexibility index (Phi) is 9.21. The molecule has 0 radical (unpaired) electrons. The molecule has 0 bridgehead atoms. The molecule has 2 rings (SSSR count). The summed E-state index contributed by atoms with van der Waals surface area (Å²) in [6, 6.07) is 0. The summed E-state index contributed by atoms with van der Waals surface area (Å²) >= 11 is 0. The smallest absolute Gasteiger partial charge is 0.143 e. The van der Waals surface area contributed by atoms with Crippen molar-refractivity contribution >= 4 is 23.1 Å². The maximum absolute atomic E-state index is 11.7. The summed E-state index contributed by atoms with van der Waals surface area (Å²) in [6.07, 6.45) is 13.9. The monoisotopic (exact) mass is 362 g/mol. The van der Waals surface area contributed by atoms with Crippen LogP contribution in [0.3, 0.4) is 0 Å². The van der Waals surface area contributed by atoms with E-state index in [2.05, 4.69) is 0 Å². The summed E-state index contributed by atoms with van der Waals surface area (Å²) in [6.45, 7) is 0. The Bertz CT molecular complexity index is 454. The van der Waals surface area contributed by atoms with Crippen LogP contribution in [0.1, 0.15) is 103 Å². The molecule has 4 heteroatoms. The zero-order valence-electron chi connectivity index (χ0n) is 16.1. The lowest BCUT2D eigenvalue weighted by Gasteiger charge is -2.03. The second-order valence-corrected chi connectivity index (χ2v) is 8.24. The van der Waals surface area contributed by atoms with E-state index in [0.29, 0.717) is 12.8 Å². The molecule has 2 aliphatic carbocycles. The van der Waals surface area contributed by atoms with Crippen molar-refractivity contribution in [1.29, 1.82) is 0 Å². The molecule has 4 nitrogen and oxygen atoms in total. The summed E-state index contributed by atoms with van der Waals surface area (Å²) in [5.41, 5.74) is 0. The summed E-state index contributed by atoms with van der Waals surface area (Å²) in [4.78, 5) is 46.5. The van der Waals surface area contributed by atoms with Crippen LogP contribution in [0.25, 0.3) is 0 Å². The van der Waals surface area contributed by atoms with Gasteiger partial charge < -0.3 is 0 Å². The summed E-state index contributed by atoms with van der Waals surface area (Å²) in [5, 5.41) is 0. The predicted octanol–water partition coefficient (Wildman–Crippen LogP) is 4.76. The molecule has 0 heterocycles. The fourth-order valence-electron chi connectivity index (χ4n) is 3.37. The highest BCUT2D eigenvalue weighted by atomic mass is 16.2. The molecule has 146 valence electrons. The van der Waals surface area contributed by atoms with Crippen molar-refractivity contribution in [3.05, 3.63) is 0 Å². The van der Waals surface area contributed by atoms with E-state index >= 15 is 0 Å². The lowest BCUT2D eigenvalue weighted by molar-refractivity contribution is -0.129. The highest BCUT2D eigenvalue weighted by Gasteiger charge is 2.30. The highest BCUT2D eigenvalue weighted by Crippen LogP contribution is 2.31. The normalized spacial score (nSPS) is 16.5. The van der Waals surface area contributed by atoms with Gasteiger partial charge in [0.05, 0.1) is 12.8 Å². The van der Waals surface area contributed by atoms with Crippen LogP contribution in [0.5, 0.6) is 0 Å². The van der Waals surface area contributed by atoms with Crippen LogP contribution in [0.15, 0.2) is 0 Å². The van der Waals surface area contributed by atoms with E-state index in [-0.39, 0.29) is 47.8 Å². The molecule has 0 aromatic rings. The largest absolute Gasteiger partial charge is 0.299 e. The Hall–Kier alpha value is -1.32. The van der Waals surface area contributed by atoms with Crippen molar-refractivity contribution in [1.82, 2.24) is 0 Å². The Morgan fingerprint density at radius 2 is 0.808 bits per heavy atom. The van der Waals surface area contributed by atoms with Gasteiger partial charge in [-0.05, 0) is 38.5 Å². The molecule has 0 amide bonds. The summed E-state index contributed by atoms with van der Waals surface area (Å²) < 4.78 is 0. The SMILES string of the molecule is O=C(CCCCCCCCCCC(=O)CC(=O)C1CC1)CC(=O)C1CC1. The Balaban J connectivity index is 1.31. The van der Waals surface area contributed by atoms with Crippen LogP contribution in [0.2, 0.25) is 0 Å². The zero-order valence-corrected chi connectivity index (χ0v) is 16.1. The standard InChI is InChI=1S/C22H34O4/c23-19(15-21(25)17-11-12-17)9-7-5-3-1-2-4-6-8-10-20(24)16-22(26)18-13-14-18/h17-18H,1-16H2. The minimum Gasteiger partial charge on any atom is -0.299 e. The maximum Gasteiger partial charge on any atom is 0.143 e. The van der Waals surface area contributed by atoms with E-state index in [9.17, 15) is 19.2 Å². The van der Waals surface area contributed by atoms with E-state index in [0.717, 1.165) is 64.2 Å². The molecule has 26 heavy (non-hydrogen) atoms. The third kappa shape index (κ3) is 9.40. The van der Waals surface area contributed by atoms with Crippen LogP contribution in [0, 0.1) is 11.8 Å². The quantitative estimate of drug-likeness (QED) is 0.276. The van der Waals surface area contributed by atoms with Crippen LogP contribution in [0.4, 0.5) is 0 Å². The van der Waals surface area contributed by atoms with E-state index in [1.54, 1.807) is 0 Å². The Morgan fingerprint density at radius 1 is 0.500 bits per heavy atom. The van der Waals surface area contributed by atoms with Gasteiger partial charge in [0.1, 0.15) is 23.1 Å². The second-order valence-electron chi connectivity index (χ2n) is 8.24. The van der Waals surface area contributed by atoms with Gasteiger partial charge in [-0.25, -0.2) is 0 Å². The number of hydrogen-bond acceptors (Lipinski definition) is 4. The number of ketones is 4. The number of Topliss-reactive ketones (excluding diaryl/α,β-unsaturated/α-hetero) is 4. The Morgan fingerprint density at radius 3 is 1.12 bits per heavy atom. The number of unbranched alkanes of at least 4 members (excludes halogenated alkanes) is 7. The molecular formula is C22H34O4. The summed E-state index contributed by atoms with van der Waals surface area (Å²) in [7, 11) is 0. The topological polar surface area (TPSA) is 68.3 Å². The molecule has 0 saturated heterocycles. The molecular weight excluding hydrogens is 328 g/mol. The third-order valence-electron chi connectivity index (χ3n) is 5.47. The van der Waals surface area contributed by atoms with Crippen LogP contribution in [-0.2, 0) is 19.2 Å². The van der Waals surface area contributed by atoms with E-state index in [4.69, 9.17) is 0 Å². The first kappa shape index (κ1) is 21.0. The minimum atomic E-state index is 0.117. The predicted molar refractivity (Wildman–Crippen MR) is 101 cm³/mol. The first-order valence-electron chi connectivity index (χ1n) is 10.6. The van der Waals surface area contributed by atoms with Gasteiger partial charge in [-0.15, -0.1) is 0 Å². The second kappa shape index (κ2) is 11.4. The van der Waals surface area contributed by atoms with E-state index in [1.165, 1.54) is 12.8 Å². The lowest BCUT2D eigenvalue weighted by atomic mass is 10.0. The van der Waals surface area contributed by atoms with Gasteiger partial charge in [0.15, 0.2) is 0 Å². The van der Waals surface area contributed by atoms with Crippen molar-refractivity contribution in [2.24, 2.45) is 11.8 Å². The lowest BCUT2D eigenvalue weighted by Crippen LogP contribution is -2.09. The van der Waals surface area contributed by atoms with Crippen molar-refractivity contribution in [3.8, 4) is 0 Å². The number of carbonyl (C=O) groups is 4. The molecule has 0 N–H and O–H groups in total. The molecule has 0 aromatic carbocycles. The zero-order chi connectivity index (χ0) is 18.8. The van der Waals surface area contributed by atoms with Gasteiger partial charge in [-0.3, -0.25) is 19.2 Å². The van der Waals surface area contributed by atoms with Gasteiger partial charge >= 0.3 is 0 Å². The molecule has 0 atom stereocenters. The van der Waals surface area contributed by atoms with Crippen molar-refractivity contribution in [2.45, 2.75) is 103 Å². The number of carbonyl (C=O) groups excluding carboxylic acids is 4. The van der Waals surface area contributed by atoms with Gasteiger partial charge in [0, 0.05) is 24.7 Å². The maximum atomic E-state index is 11.7. The van der Waals surface area contributed by atoms with Gasteiger partial charge in [-0.2, -0.15) is 0 Å². The molecule has 2 fully saturated rings. The molecule has 0 unspecified atom stereocenters. The van der Waals surface area contributed by atoms with Crippen LogP contribution < -0.4 is 0 Å². The molecule has 0 aromatic heterocycles. The van der Waals surface area contributed by atoms with Gasteiger partial charge in [0.25, 0.3) is 0 Å². The molecule has 2 saturated carbocycles.